The van der Waals surface area contributed by atoms with Gasteiger partial charge in [-0.3, -0.25) is 9.48 Å². The molecule has 5 heteroatoms. The first-order valence-corrected chi connectivity index (χ1v) is 7.48. The molecule has 0 aromatic carbocycles. The molecule has 2 rings (SSSR count). The Morgan fingerprint density at radius 2 is 2.35 bits per heavy atom. The van der Waals surface area contributed by atoms with Gasteiger partial charge in [0.2, 0.25) is 5.91 Å². The van der Waals surface area contributed by atoms with Gasteiger partial charge in [0, 0.05) is 32.5 Å². The van der Waals surface area contributed by atoms with E-state index in [0.29, 0.717) is 12.6 Å². The summed E-state index contributed by atoms with van der Waals surface area (Å²) in [4.78, 5) is 14.5. The van der Waals surface area contributed by atoms with Crippen molar-refractivity contribution in [1.29, 1.82) is 0 Å². The molecule has 1 aromatic rings. The maximum Gasteiger partial charge on any atom is 0.244 e. The van der Waals surface area contributed by atoms with Gasteiger partial charge in [-0.25, -0.2) is 0 Å². The van der Waals surface area contributed by atoms with E-state index in [-0.39, 0.29) is 5.91 Å². The molecule has 2 heterocycles. The van der Waals surface area contributed by atoms with E-state index in [2.05, 4.69) is 10.00 Å². The van der Waals surface area contributed by atoms with Gasteiger partial charge in [-0.05, 0) is 44.6 Å². The molecule has 1 unspecified atom stereocenters. The van der Waals surface area contributed by atoms with Crippen LogP contribution >= 0.6 is 0 Å². The molecule has 0 N–H and O–H groups in total. The summed E-state index contributed by atoms with van der Waals surface area (Å²) in [6.07, 6.45) is 9.23. The first-order chi connectivity index (χ1) is 9.70. The van der Waals surface area contributed by atoms with Crippen molar-refractivity contribution in [2.75, 3.05) is 20.3 Å². The average molecular weight is 279 g/mol. The molecule has 112 valence electrons. The number of aryl methyl sites for hydroxylation is 1. The molecule has 1 aliphatic heterocycles. The number of hydrogen-bond donors (Lipinski definition) is 0. The topological polar surface area (TPSA) is 47.4 Å². The number of aromatic nitrogens is 2. The average Bonchev–Trinajstić information content (AvgIpc) is 2.85. The lowest BCUT2D eigenvalue weighted by molar-refractivity contribution is -0.136. The zero-order chi connectivity index (χ0) is 14.4. The largest absolute Gasteiger partial charge is 0.385 e. The molecule has 0 saturated carbocycles. The standard InChI is InChI=1S/C15H25N3O2/c1-13-10-16-17(11-13)12-15(19)18-8-4-3-6-14(18)7-5-9-20-2/h10-11,14H,3-9,12H2,1-2H3. The van der Waals surface area contributed by atoms with E-state index in [4.69, 9.17) is 4.74 Å². The summed E-state index contributed by atoms with van der Waals surface area (Å²) in [5.41, 5.74) is 1.09. The highest BCUT2D eigenvalue weighted by Gasteiger charge is 2.26. The SMILES string of the molecule is COCCCC1CCCCN1C(=O)Cn1cc(C)cn1. The number of hydrogen-bond acceptors (Lipinski definition) is 3. The molecular formula is C15H25N3O2. The lowest BCUT2D eigenvalue weighted by atomic mass is 9.98. The molecule has 1 amide bonds. The van der Waals surface area contributed by atoms with Gasteiger partial charge in [0.05, 0.1) is 6.20 Å². The van der Waals surface area contributed by atoms with Crippen molar-refractivity contribution in [3.63, 3.8) is 0 Å². The summed E-state index contributed by atoms with van der Waals surface area (Å²) in [6.45, 7) is 4.00. The molecule has 20 heavy (non-hydrogen) atoms. The van der Waals surface area contributed by atoms with Crippen LogP contribution in [0.25, 0.3) is 0 Å². The van der Waals surface area contributed by atoms with Crippen molar-refractivity contribution < 1.29 is 9.53 Å². The zero-order valence-corrected chi connectivity index (χ0v) is 12.5. The van der Waals surface area contributed by atoms with E-state index in [1.54, 1.807) is 18.0 Å². The van der Waals surface area contributed by atoms with Crippen molar-refractivity contribution in [2.24, 2.45) is 0 Å². The van der Waals surface area contributed by atoms with Crippen LogP contribution in [0.2, 0.25) is 0 Å². The molecule has 5 nitrogen and oxygen atoms in total. The summed E-state index contributed by atoms with van der Waals surface area (Å²) in [5.74, 6) is 0.190. The third kappa shape index (κ3) is 4.07. The maximum absolute atomic E-state index is 12.5. The fourth-order valence-electron chi connectivity index (χ4n) is 2.88. The molecule has 1 fully saturated rings. The number of carbonyl (C=O) groups excluding carboxylic acids is 1. The van der Waals surface area contributed by atoms with Crippen molar-refractivity contribution >= 4 is 5.91 Å². The third-order valence-electron chi connectivity index (χ3n) is 3.89. The Kier molecular flexibility index (Phi) is 5.59. The van der Waals surface area contributed by atoms with Gasteiger partial charge >= 0.3 is 0 Å². The molecule has 1 aromatic heterocycles. The van der Waals surface area contributed by atoms with Gasteiger partial charge in [0.1, 0.15) is 6.54 Å². The van der Waals surface area contributed by atoms with Crippen LogP contribution in [0.5, 0.6) is 0 Å². The van der Waals surface area contributed by atoms with E-state index < -0.39 is 0 Å². The minimum Gasteiger partial charge on any atom is -0.385 e. The summed E-state index contributed by atoms with van der Waals surface area (Å²) < 4.78 is 6.84. The zero-order valence-electron chi connectivity index (χ0n) is 12.5. The first-order valence-electron chi connectivity index (χ1n) is 7.48. The number of carbonyl (C=O) groups is 1. The Hall–Kier alpha value is -1.36. The highest BCUT2D eigenvalue weighted by Crippen LogP contribution is 2.21. The molecule has 0 aliphatic carbocycles. The minimum atomic E-state index is 0.190. The second kappa shape index (κ2) is 7.43. The van der Waals surface area contributed by atoms with Crippen molar-refractivity contribution in [1.82, 2.24) is 14.7 Å². The Morgan fingerprint density at radius 3 is 3.05 bits per heavy atom. The van der Waals surface area contributed by atoms with Crippen LogP contribution in [-0.2, 0) is 16.1 Å². The van der Waals surface area contributed by atoms with Crippen LogP contribution in [0.1, 0.15) is 37.7 Å². The van der Waals surface area contributed by atoms with E-state index in [1.807, 2.05) is 13.1 Å². The molecule has 0 radical (unpaired) electrons. The fourth-order valence-corrected chi connectivity index (χ4v) is 2.88. The summed E-state index contributed by atoms with van der Waals surface area (Å²) in [6, 6.07) is 0.378. The van der Waals surface area contributed by atoms with Gasteiger partial charge in [-0.15, -0.1) is 0 Å². The first kappa shape index (κ1) is 15.0. The van der Waals surface area contributed by atoms with Crippen molar-refractivity contribution in [2.45, 2.75) is 51.6 Å². The minimum absolute atomic E-state index is 0.190. The third-order valence-corrected chi connectivity index (χ3v) is 3.89. The molecule has 1 saturated heterocycles. The van der Waals surface area contributed by atoms with Gasteiger partial charge in [0.15, 0.2) is 0 Å². The van der Waals surface area contributed by atoms with Gasteiger partial charge in [-0.1, -0.05) is 0 Å². The van der Waals surface area contributed by atoms with Crippen molar-refractivity contribution in [3.05, 3.63) is 18.0 Å². The lowest BCUT2D eigenvalue weighted by Gasteiger charge is -2.36. The predicted molar refractivity (Wildman–Crippen MR) is 77.4 cm³/mol. The Bertz CT molecular complexity index is 431. The second-order valence-electron chi connectivity index (χ2n) is 5.59. The van der Waals surface area contributed by atoms with Crippen LogP contribution in [0.3, 0.4) is 0 Å². The monoisotopic (exact) mass is 279 g/mol. The fraction of sp³-hybridized carbons (Fsp3) is 0.733. The van der Waals surface area contributed by atoms with Gasteiger partial charge in [0.25, 0.3) is 0 Å². The number of ether oxygens (including phenoxy) is 1. The van der Waals surface area contributed by atoms with Crippen LogP contribution in [0.4, 0.5) is 0 Å². The van der Waals surface area contributed by atoms with Gasteiger partial charge < -0.3 is 9.64 Å². The Labute approximate surface area is 120 Å². The number of piperidine rings is 1. The van der Waals surface area contributed by atoms with Gasteiger partial charge in [-0.2, -0.15) is 5.10 Å². The van der Waals surface area contributed by atoms with Crippen LogP contribution in [0.15, 0.2) is 12.4 Å². The summed E-state index contributed by atoms with van der Waals surface area (Å²) >= 11 is 0. The Morgan fingerprint density at radius 1 is 1.50 bits per heavy atom. The van der Waals surface area contributed by atoms with E-state index >= 15 is 0 Å². The smallest absolute Gasteiger partial charge is 0.244 e. The molecule has 1 aliphatic rings. The predicted octanol–water partition coefficient (Wildman–Crippen LogP) is 2.00. The molecular weight excluding hydrogens is 254 g/mol. The quantitative estimate of drug-likeness (QED) is 0.748. The van der Waals surface area contributed by atoms with Crippen molar-refractivity contribution in [3.8, 4) is 0 Å². The number of rotatable bonds is 6. The highest BCUT2D eigenvalue weighted by atomic mass is 16.5. The molecule has 0 spiro atoms. The normalized spacial score (nSPS) is 19.3. The van der Waals surface area contributed by atoms with Crippen LogP contribution in [-0.4, -0.2) is 46.9 Å². The highest BCUT2D eigenvalue weighted by molar-refractivity contribution is 5.76. The summed E-state index contributed by atoms with van der Waals surface area (Å²) in [5, 5.41) is 4.20. The number of methoxy groups -OCH3 is 1. The Balaban J connectivity index is 1.90. The number of nitrogens with zero attached hydrogens (tertiary/aromatic N) is 3. The van der Waals surface area contributed by atoms with E-state index in [1.165, 1.54) is 6.42 Å². The molecule has 1 atom stereocenters. The second-order valence-corrected chi connectivity index (χ2v) is 5.59. The lowest BCUT2D eigenvalue weighted by Crippen LogP contribution is -2.45. The van der Waals surface area contributed by atoms with Crippen LogP contribution < -0.4 is 0 Å². The van der Waals surface area contributed by atoms with E-state index in [9.17, 15) is 4.79 Å². The van der Waals surface area contributed by atoms with Crippen LogP contribution in [0, 0.1) is 6.92 Å². The summed E-state index contributed by atoms with van der Waals surface area (Å²) in [7, 11) is 1.73. The number of amides is 1. The number of likely N-dealkylation sites (tertiary alicyclic amines) is 1. The maximum atomic E-state index is 12.5. The molecule has 0 bridgehead atoms. The van der Waals surface area contributed by atoms with E-state index in [0.717, 1.165) is 44.4 Å².